The van der Waals surface area contributed by atoms with Crippen LogP contribution >= 0.6 is 0 Å². The molecule has 2 aliphatic rings. The van der Waals surface area contributed by atoms with Gasteiger partial charge in [0.25, 0.3) is 0 Å². The van der Waals surface area contributed by atoms with Crippen LogP contribution in [0.15, 0.2) is 11.3 Å². The molecule has 2 atom stereocenters. The SMILES string of the molecule is CCOC(=O)/C1=C2\OC[C@H](OC)[C@H]2CCCCC1. The molecule has 0 bridgehead atoms. The fraction of sp³-hybridized carbons (Fsp3) is 0.786. The topological polar surface area (TPSA) is 44.8 Å². The molecule has 0 aromatic carbocycles. The Hall–Kier alpha value is -1.03. The van der Waals surface area contributed by atoms with Gasteiger partial charge in [-0.1, -0.05) is 12.8 Å². The van der Waals surface area contributed by atoms with Gasteiger partial charge in [0.1, 0.15) is 18.5 Å². The molecule has 4 nitrogen and oxygen atoms in total. The lowest BCUT2D eigenvalue weighted by molar-refractivity contribution is -0.139. The number of hydrogen-bond acceptors (Lipinski definition) is 4. The van der Waals surface area contributed by atoms with Crippen LogP contribution in [0.3, 0.4) is 0 Å². The second kappa shape index (κ2) is 6.23. The van der Waals surface area contributed by atoms with Crippen LogP contribution in [0.1, 0.15) is 39.0 Å². The van der Waals surface area contributed by atoms with E-state index in [1.165, 1.54) is 6.42 Å². The molecule has 0 saturated carbocycles. The minimum Gasteiger partial charge on any atom is -0.494 e. The van der Waals surface area contributed by atoms with Crippen molar-refractivity contribution in [3.8, 4) is 0 Å². The van der Waals surface area contributed by atoms with Gasteiger partial charge < -0.3 is 14.2 Å². The van der Waals surface area contributed by atoms with Crippen molar-refractivity contribution in [2.45, 2.75) is 45.1 Å². The number of hydrogen-bond donors (Lipinski definition) is 0. The molecular formula is C14H22O4. The molecule has 1 aliphatic heterocycles. The highest BCUT2D eigenvalue weighted by Gasteiger charge is 2.37. The molecule has 2 rings (SSSR count). The third-order valence-electron chi connectivity index (χ3n) is 3.75. The smallest absolute Gasteiger partial charge is 0.337 e. The molecule has 1 heterocycles. The van der Waals surface area contributed by atoms with Crippen LogP contribution in [0.5, 0.6) is 0 Å². The van der Waals surface area contributed by atoms with Crippen LogP contribution in [0, 0.1) is 5.92 Å². The summed E-state index contributed by atoms with van der Waals surface area (Å²) in [6.45, 7) is 2.80. The molecule has 4 heteroatoms. The van der Waals surface area contributed by atoms with Crippen molar-refractivity contribution in [1.29, 1.82) is 0 Å². The third-order valence-corrected chi connectivity index (χ3v) is 3.75. The molecule has 0 N–H and O–H groups in total. The molecule has 0 spiro atoms. The zero-order valence-corrected chi connectivity index (χ0v) is 11.2. The Kier molecular flexibility index (Phi) is 4.64. The van der Waals surface area contributed by atoms with Gasteiger partial charge in [-0.3, -0.25) is 0 Å². The molecule has 18 heavy (non-hydrogen) atoms. The molecule has 0 radical (unpaired) electrons. The van der Waals surface area contributed by atoms with Gasteiger partial charge in [0.05, 0.1) is 12.2 Å². The monoisotopic (exact) mass is 254 g/mol. The van der Waals surface area contributed by atoms with E-state index in [2.05, 4.69) is 0 Å². The lowest BCUT2D eigenvalue weighted by atomic mass is 9.88. The van der Waals surface area contributed by atoms with Gasteiger partial charge >= 0.3 is 5.97 Å². The highest BCUT2D eigenvalue weighted by atomic mass is 16.6. The minimum absolute atomic E-state index is 0.0857. The average Bonchev–Trinajstić information content (AvgIpc) is 2.71. The summed E-state index contributed by atoms with van der Waals surface area (Å²) in [5.41, 5.74) is 0.737. The van der Waals surface area contributed by atoms with Crippen molar-refractivity contribution in [2.75, 3.05) is 20.3 Å². The molecule has 1 saturated heterocycles. The lowest BCUT2D eigenvalue weighted by Gasteiger charge is -2.20. The van der Waals surface area contributed by atoms with E-state index in [-0.39, 0.29) is 18.0 Å². The Morgan fingerprint density at radius 1 is 1.39 bits per heavy atom. The summed E-state index contributed by atoms with van der Waals surface area (Å²) in [6, 6.07) is 0. The first-order valence-electron chi connectivity index (χ1n) is 6.83. The number of methoxy groups -OCH3 is 1. The second-order valence-corrected chi connectivity index (χ2v) is 4.85. The van der Waals surface area contributed by atoms with Gasteiger partial charge in [-0.2, -0.15) is 0 Å². The Bertz CT molecular complexity index is 335. The summed E-state index contributed by atoms with van der Waals surface area (Å²) in [5, 5.41) is 0. The molecule has 0 unspecified atom stereocenters. The number of rotatable bonds is 3. The number of carbonyl (C=O) groups is 1. The highest BCUT2D eigenvalue weighted by Crippen LogP contribution is 2.37. The van der Waals surface area contributed by atoms with E-state index in [1.807, 2.05) is 6.92 Å². The maximum Gasteiger partial charge on any atom is 0.337 e. The van der Waals surface area contributed by atoms with Gasteiger partial charge in [-0.15, -0.1) is 0 Å². The summed E-state index contributed by atoms with van der Waals surface area (Å²) in [4.78, 5) is 12.0. The number of fused-ring (bicyclic) bond motifs is 1. The fourth-order valence-corrected chi connectivity index (χ4v) is 2.81. The van der Waals surface area contributed by atoms with Crippen LogP contribution in [0.2, 0.25) is 0 Å². The van der Waals surface area contributed by atoms with Gasteiger partial charge in [-0.25, -0.2) is 4.79 Å². The van der Waals surface area contributed by atoms with Gasteiger partial charge in [-0.05, 0) is 26.2 Å². The molecule has 1 aliphatic carbocycles. The van der Waals surface area contributed by atoms with Crippen molar-refractivity contribution in [3.05, 3.63) is 11.3 Å². The summed E-state index contributed by atoms with van der Waals surface area (Å²) in [5.74, 6) is 0.853. The molecule has 1 fully saturated rings. The van der Waals surface area contributed by atoms with Crippen molar-refractivity contribution in [2.24, 2.45) is 5.92 Å². The average molecular weight is 254 g/mol. The molecule has 0 amide bonds. The van der Waals surface area contributed by atoms with E-state index in [4.69, 9.17) is 14.2 Å². The van der Waals surface area contributed by atoms with Crippen molar-refractivity contribution < 1.29 is 19.0 Å². The van der Waals surface area contributed by atoms with E-state index >= 15 is 0 Å². The zero-order chi connectivity index (χ0) is 13.0. The van der Waals surface area contributed by atoms with Crippen molar-refractivity contribution >= 4 is 5.97 Å². The minimum atomic E-state index is -0.212. The zero-order valence-electron chi connectivity index (χ0n) is 11.2. The lowest BCUT2D eigenvalue weighted by Crippen LogP contribution is -2.22. The Labute approximate surface area is 108 Å². The molecule has 0 aromatic rings. The first kappa shape index (κ1) is 13.4. The van der Waals surface area contributed by atoms with E-state index in [0.29, 0.717) is 13.2 Å². The molecular weight excluding hydrogens is 232 g/mol. The Morgan fingerprint density at radius 2 is 2.22 bits per heavy atom. The number of carbonyl (C=O) groups excluding carboxylic acids is 1. The van der Waals surface area contributed by atoms with E-state index in [9.17, 15) is 4.79 Å². The summed E-state index contributed by atoms with van der Waals surface area (Å²) in [6.07, 6.45) is 5.25. The number of esters is 1. The summed E-state index contributed by atoms with van der Waals surface area (Å²) < 4.78 is 16.3. The van der Waals surface area contributed by atoms with Crippen LogP contribution in [-0.4, -0.2) is 32.4 Å². The van der Waals surface area contributed by atoms with Gasteiger partial charge in [0.15, 0.2) is 0 Å². The first-order chi connectivity index (χ1) is 8.77. The predicted octanol–water partition coefficient (Wildman–Crippen LogP) is 2.43. The highest BCUT2D eigenvalue weighted by molar-refractivity contribution is 5.89. The Balaban J connectivity index is 2.25. The fourth-order valence-electron chi connectivity index (χ4n) is 2.81. The predicted molar refractivity (Wildman–Crippen MR) is 67.0 cm³/mol. The van der Waals surface area contributed by atoms with Gasteiger partial charge in [0.2, 0.25) is 0 Å². The molecule has 0 aromatic heterocycles. The van der Waals surface area contributed by atoms with E-state index in [1.54, 1.807) is 7.11 Å². The number of ether oxygens (including phenoxy) is 3. The van der Waals surface area contributed by atoms with Gasteiger partial charge in [0, 0.05) is 13.0 Å². The maximum atomic E-state index is 12.0. The van der Waals surface area contributed by atoms with E-state index in [0.717, 1.165) is 37.0 Å². The normalized spacial score (nSPS) is 32.1. The van der Waals surface area contributed by atoms with Crippen LogP contribution in [0.4, 0.5) is 0 Å². The first-order valence-corrected chi connectivity index (χ1v) is 6.83. The third kappa shape index (κ3) is 2.69. The van der Waals surface area contributed by atoms with E-state index < -0.39 is 0 Å². The molecule has 102 valence electrons. The summed E-state index contributed by atoms with van der Waals surface area (Å²) >= 11 is 0. The maximum absolute atomic E-state index is 12.0. The van der Waals surface area contributed by atoms with Crippen LogP contribution < -0.4 is 0 Å². The Morgan fingerprint density at radius 3 is 2.94 bits per heavy atom. The quantitative estimate of drug-likeness (QED) is 0.726. The standard InChI is InChI=1S/C14H22O4/c1-3-17-14(15)11-8-6-4-5-7-10-12(16-2)9-18-13(10)11/h10,12H,3-9H2,1-2H3/b13-11-/t10-,12+/m1/s1. The van der Waals surface area contributed by atoms with Crippen molar-refractivity contribution in [3.63, 3.8) is 0 Å². The largest absolute Gasteiger partial charge is 0.494 e. The van der Waals surface area contributed by atoms with Crippen molar-refractivity contribution in [1.82, 2.24) is 0 Å². The second-order valence-electron chi connectivity index (χ2n) is 4.85. The van der Waals surface area contributed by atoms with Crippen LogP contribution in [-0.2, 0) is 19.0 Å². The van der Waals surface area contributed by atoms with Crippen LogP contribution in [0.25, 0.3) is 0 Å². The summed E-state index contributed by atoms with van der Waals surface area (Å²) in [7, 11) is 1.71.